The Balaban J connectivity index is 3.39. The fourth-order valence-electron chi connectivity index (χ4n) is 3.20. The molecule has 15 heteroatoms. The van der Waals surface area contributed by atoms with E-state index in [0.717, 1.165) is 30.3 Å². The van der Waals surface area contributed by atoms with Crippen molar-refractivity contribution in [2.45, 2.75) is 18.5 Å². The molecule has 0 atom stereocenters. The Hall–Kier alpha value is -5.07. The van der Waals surface area contributed by atoms with E-state index in [1.807, 2.05) is 0 Å². The molecule has 186 valence electrons. The lowest BCUT2D eigenvalue weighted by Crippen LogP contribution is -2.31. The maximum Gasteiger partial charge on any atom is 0.417 e. The number of alkyl halides is 9. The van der Waals surface area contributed by atoms with Crippen molar-refractivity contribution < 1.29 is 43.9 Å². The second-order valence-electron chi connectivity index (χ2n) is 6.78. The molecule has 0 saturated heterocycles. The van der Waals surface area contributed by atoms with Crippen LogP contribution in [0.15, 0.2) is 18.2 Å². The van der Waals surface area contributed by atoms with Gasteiger partial charge in [0.05, 0.1) is 33.4 Å². The lowest BCUT2D eigenvalue weighted by Gasteiger charge is -2.17. The molecule has 0 spiro atoms. The van der Waals surface area contributed by atoms with Crippen molar-refractivity contribution in [3.63, 3.8) is 0 Å². The van der Waals surface area contributed by atoms with Gasteiger partial charge in [0.15, 0.2) is 0 Å². The first-order valence-corrected chi connectivity index (χ1v) is 8.99. The average Bonchev–Trinajstić information content (AvgIpc) is 2.79. The summed E-state index contributed by atoms with van der Waals surface area (Å²) in [5.74, 6) is -2.03. The van der Waals surface area contributed by atoms with Crippen LogP contribution in [0.1, 0.15) is 33.4 Å². The first-order chi connectivity index (χ1) is 17.0. The highest BCUT2D eigenvalue weighted by molar-refractivity contribution is 5.80. The Morgan fingerprint density at radius 2 is 1.03 bits per heavy atom. The predicted octanol–water partition coefficient (Wildman–Crippen LogP) is 4.55. The molecule has 0 N–H and O–H groups in total. The Morgan fingerprint density at radius 1 is 0.595 bits per heavy atom. The van der Waals surface area contributed by atoms with Crippen LogP contribution in [0.2, 0.25) is 0 Å². The molecule has 37 heavy (non-hydrogen) atoms. The van der Waals surface area contributed by atoms with Crippen LogP contribution in [-0.4, -0.2) is 0 Å². The van der Waals surface area contributed by atoms with E-state index in [-0.39, 0.29) is 18.2 Å². The molecule has 0 saturated carbocycles. The van der Waals surface area contributed by atoms with Crippen LogP contribution in [0, 0.1) is 62.5 Å². The lowest BCUT2D eigenvalue weighted by atomic mass is 9.92. The summed E-state index contributed by atoms with van der Waals surface area (Å²) < 4.78 is 137. The summed E-state index contributed by atoms with van der Waals surface area (Å²) in [6, 6.07) is 4.21. The molecular formula is C22H3F10N5. The second kappa shape index (κ2) is 9.53. The summed E-state index contributed by atoms with van der Waals surface area (Å²) in [6.45, 7) is 0. The van der Waals surface area contributed by atoms with Crippen molar-refractivity contribution in [2.24, 2.45) is 0 Å². The smallest absolute Gasteiger partial charge is 0.205 e. The van der Waals surface area contributed by atoms with E-state index in [1.165, 1.54) is 0 Å². The number of halogens is 10. The molecule has 2 aromatic carbocycles. The van der Waals surface area contributed by atoms with Gasteiger partial charge in [-0.25, -0.2) is 4.39 Å². The summed E-state index contributed by atoms with van der Waals surface area (Å²) in [7, 11) is 0. The number of benzene rings is 2. The van der Waals surface area contributed by atoms with Crippen LogP contribution in [-0.2, 0) is 18.5 Å². The highest BCUT2D eigenvalue weighted by Gasteiger charge is 2.42. The topological polar surface area (TPSA) is 119 Å². The van der Waals surface area contributed by atoms with Gasteiger partial charge in [0.25, 0.3) is 0 Å². The fourth-order valence-corrected chi connectivity index (χ4v) is 3.20. The molecule has 0 heterocycles. The number of nitrogens with zero attached hydrogens (tertiary/aromatic N) is 5. The summed E-state index contributed by atoms with van der Waals surface area (Å²) in [6.07, 6.45) is -16.8. The Morgan fingerprint density at radius 3 is 1.35 bits per heavy atom. The molecule has 0 amide bonds. The standard InChI is InChI=1S/C22H3F10N5/c23-19-11(3-17(22(30,31)32)18(14(19)8-37)10(4-33)5-34)12(6-35)9-1-15(20(24,25)26)13(7-36)16(2-9)21(27,28)29/h1-3H/b12-11-. The Labute approximate surface area is 198 Å². The third-order valence-electron chi connectivity index (χ3n) is 4.69. The average molecular weight is 527 g/mol. The van der Waals surface area contributed by atoms with Gasteiger partial charge in [0, 0.05) is 10.4 Å². The molecule has 0 fully saturated rings. The van der Waals surface area contributed by atoms with Crippen molar-refractivity contribution in [3.05, 3.63) is 67.8 Å². The lowest BCUT2D eigenvalue weighted by molar-refractivity contribution is -0.143. The van der Waals surface area contributed by atoms with Gasteiger partial charge in [-0.05, 0) is 23.8 Å². The highest BCUT2D eigenvalue weighted by Crippen LogP contribution is 2.41. The van der Waals surface area contributed by atoms with Crippen LogP contribution in [0.4, 0.5) is 43.9 Å². The monoisotopic (exact) mass is 527 g/mol. The minimum Gasteiger partial charge on any atom is -0.205 e. The number of hydrogen-bond acceptors (Lipinski definition) is 5. The third-order valence-corrected chi connectivity index (χ3v) is 4.69. The highest BCUT2D eigenvalue weighted by atomic mass is 19.4. The molecule has 0 aliphatic rings. The van der Waals surface area contributed by atoms with E-state index in [4.69, 9.17) is 15.8 Å². The van der Waals surface area contributed by atoms with E-state index in [0.29, 0.717) is 0 Å². The Bertz CT molecular complexity index is 1590. The van der Waals surface area contributed by atoms with Crippen LogP contribution in [0.3, 0.4) is 0 Å². The van der Waals surface area contributed by atoms with Crippen LogP contribution >= 0.6 is 0 Å². The molecule has 2 aromatic rings. The van der Waals surface area contributed by atoms with E-state index in [1.54, 1.807) is 0 Å². The maximum atomic E-state index is 15.2. The SMILES string of the molecule is N#CC(C#N)=c1c(C(F)(F)F)c/c(=C(\C#N)c2cc(C(F)(F)F)c(C#N)c(C(F)(F)F)c2)c(F)c1C#N. The van der Waals surface area contributed by atoms with Gasteiger partial charge in [-0.15, -0.1) is 0 Å². The molecular weight excluding hydrogens is 524 g/mol. The first-order valence-electron chi connectivity index (χ1n) is 8.99. The Kier molecular flexibility index (Phi) is 7.25. The van der Waals surface area contributed by atoms with E-state index < -0.39 is 79.3 Å². The number of nitriles is 5. The van der Waals surface area contributed by atoms with Gasteiger partial charge in [-0.3, -0.25) is 0 Å². The molecule has 0 unspecified atom stereocenters. The zero-order valence-electron chi connectivity index (χ0n) is 17.2. The molecule has 0 radical (unpaired) electrons. The fraction of sp³-hybridized carbons (Fsp3) is 0.136. The molecule has 0 aliphatic carbocycles. The van der Waals surface area contributed by atoms with Crippen LogP contribution < -0.4 is 10.4 Å². The van der Waals surface area contributed by atoms with Gasteiger partial charge >= 0.3 is 18.5 Å². The van der Waals surface area contributed by atoms with E-state index in [2.05, 4.69) is 0 Å². The zero-order chi connectivity index (χ0) is 28.5. The molecule has 5 nitrogen and oxygen atoms in total. The molecule has 0 bridgehead atoms. The largest absolute Gasteiger partial charge is 0.417 e. The normalized spacial score (nSPS) is 12.4. The van der Waals surface area contributed by atoms with Gasteiger partial charge in [-0.2, -0.15) is 65.8 Å². The van der Waals surface area contributed by atoms with Gasteiger partial charge in [-0.1, -0.05) is 0 Å². The quantitative estimate of drug-likeness (QED) is 0.505. The van der Waals surface area contributed by atoms with E-state index >= 15 is 4.39 Å². The molecule has 2 rings (SSSR count). The van der Waals surface area contributed by atoms with Crippen molar-refractivity contribution in [3.8, 4) is 30.3 Å². The summed E-state index contributed by atoms with van der Waals surface area (Å²) in [4.78, 5) is 0. The first kappa shape index (κ1) is 28.2. The van der Waals surface area contributed by atoms with Gasteiger partial charge in [0.2, 0.25) is 0 Å². The van der Waals surface area contributed by atoms with Crippen molar-refractivity contribution in [1.29, 1.82) is 26.3 Å². The number of rotatable bonds is 1. The van der Waals surface area contributed by atoms with Gasteiger partial charge < -0.3 is 0 Å². The predicted molar refractivity (Wildman–Crippen MR) is 99.3 cm³/mol. The van der Waals surface area contributed by atoms with Gasteiger partial charge in [0.1, 0.15) is 41.7 Å². The zero-order valence-corrected chi connectivity index (χ0v) is 17.2. The molecule has 0 aliphatic heterocycles. The van der Waals surface area contributed by atoms with Crippen molar-refractivity contribution >= 4 is 11.1 Å². The number of hydrogen-bond donors (Lipinski definition) is 0. The minimum absolute atomic E-state index is 0.166. The summed E-state index contributed by atoms with van der Waals surface area (Å²) in [5.41, 5.74) is -14.3. The summed E-state index contributed by atoms with van der Waals surface area (Å²) >= 11 is 0. The van der Waals surface area contributed by atoms with Crippen molar-refractivity contribution in [2.75, 3.05) is 0 Å². The molecule has 0 aromatic heterocycles. The summed E-state index contributed by atoms with van der Waals surface area (Å²) in [5, 5.41) is 42.4. The minimum atomic E-state index is -5.62. The maximum absolute atomic E-state index is 15.2. The van der Waals surface area contributed by atoms with Crippen molar-refractivity contribution in [1.82, 2.24) is 0 Å². The van der Waals surface area contributed by atoms with E-state index in [9.17, 15) is 50.0 Å². The third kappa shape index (κ3) is 5.15. The second-order valence-corrected chi connectivity index (χ2v) is 6.78. The van der Waals surface area contributed by atoms with Crippen LogP contribution in [0.25, 0.3) is 11.1 Å². The van der Waals surface area contributed by atoms with Crippen LogP contribution in [0.5, 0.6) is 0 Å².